The quantitative estimate of drug-likeness (QED) is 0.827. The van der Waals surface area contributed by atoms with Crippen LogP contribution in [-0.4, -0.2) is 34.9 Å². The molecule has 130 valence electrons. The van der Waals surface area contributed by atoms with Crippen molar-refractivity contribution in [1.82, 2.24) is 14.9 Å². The van der Waals surface area contributed by atoms with Crippen molar-refractivity contribution in [3.05, 3.63) is 54.1 Å². The maximum absolute atomic E-state index is 12.5. The monoisotopic (exact) mass is 349 g/mol. The summed E-state index contributed by atoms with van der Waals surface area (Å²) in [5.74, 6) is 0.134. The highest BCUT2D eigenvalue weighted by Crippen LogP contribution is 2.21. The number of rotatable bonds is 7. The van der Waals surface area contributed by atoms with Crippen LogP contribution in [0.2, 0.25) is 0 Å². The van der Waals surface area contributed by atoms with Gasteiger partial charge in [0.15, 0.2) is 9.84 Å². The first kappa shape index (κ1) is 18.2. The number of hydrogen-bond donors (Lipinski definition) is 1. The van der Waals surface area contributed by atoms with Crippen LogP contribution in [0, 0.1) is 0 Å². The minimum absolute atomic E-state index is 0.00000488. The Balaban J connectivity index is 2.30. The maximum atomic E-state index is 12.5. The predicted molar refractivity (Wildman–Crippen MR) is 93.2 cm³/mol. The lowest BCUT2D eigenvalue weighted by molar-refractivity contribution is -0.121. The second-order valence-corrected chi connectivity index (χ2v) is 8.20. The Morgan fingerprint density at radius 2 is 1.96 bits per heavy atom. The highest BCUT2D eigenvalue weighted by atomic mass is 32.2. The molecule has 7 heteroatoms. The van der Waals surface area contributed by atoms with Crippen molar-refractivity contribution < 1.29 is 13.2 Å². The first-order valence-corrected chi connectivity index (χ1v) is 9.62. The van der Waals surface area contributed by atoms with Crippen LogP contribution in [-0.2, 0) is 21.7 Å². The summed E-state index contributed by atoms with van der Waals surface area (Å²) in [6, 6.07) is 8.88. The zero-order chi connectivity index (χ0) is 17.7. The van der Waals surface area contributed by atoms with E-state index in [0.717, 1.165) is 5.56 Å². The van der Waals surface area contributed by atoms with Crippen molar-refractivity contribution in [2.75, 3.05) is 5.75 Å². The summed E-state index contributed by atoms with van der Waals surface area (Å²) < 4.78 is 26.1. The Kier molecular flexibility index (Phi) is 5.77. The fourth-order valence-electron chi connectivity index (χ4n) is 2.48. The molecule has 6 nitrogen and oxygen atoms in total. The lowest BCUT2D eigenvalue weighted by atomic mass is 10.1. The van der Waals surface area contributed by atoms with Gasteiger partial charge in [0.25, 0.3) is 0 Å². The van der Waals surface area contributed by atoms with Crippen LogP contribution in [0.15, 0.2) is 42.7 Å². The first-order chi connectivity index (χ1) is 11.4. The number of amides is 1. The van der Waals surface area contributed by atoms with E-state index in [1.165, 1.54) is 6.92 Å². The van der Waals surface area contributed by atoms with Gasteiger partial charge in [-0.15, -0.1) is 0 Å². The molecule has 0 saturated heterocycles. The average molecular weight is 349 g/mol. The Labute approximate surface area is 142 Å². The summed E-state index contributed by atoms with van der Waals surface area (Å²) in [4.78, 5) is 16.8. The van der Waals surface area contributed by atoms with Gasteiger partial charge < -0.3 is 9.88 Å². The topological polar surface area (TPSA) is 81.1 Å². The van der Waals surface area contributed by atoms with Gasteiger partial charge in [-0.3, -0.25) is 4.79 Å². The number of aromatic nitrogens is 2. The van der Waals surface area contributed by atoms with Crippen LogP contribution < -0.4 is 5.32 Å². The molecule has 1 N–H and O–H groups in total. The fraction of sp³-hybridized carbons (Fsp3) is 0.412. The maximum Gasteiger partial charge on any atom is 0.238 e. The van der Waals surface area contributed by atoms with Gasteiger partial charge in [-0.1, -0.05) is 37.3 Å². The smallest absolute Gasteiger partial charge is 0.238 e. The van der Waals surface area contributed by atoms with Crippen molar-refractivity contribution >= 4 is 15.7 Å². The molecule has 2 aromatic rings. The van der Waals surface area contributed by atoms with Gasteiger partial charge in [-0.25, -0.2) is 13.4 Å². The van der Waals surface area contributed by atoms with Gasteiger partial charge in [0, 0.05) is 19.4 Å². The molecule has 2 rings (SSSR count). The average Bonchev–Trinajstić information content (AvgIpc) is 2.98. The summed E-state index contributed by atoms with van der Waals surface area (Å²) in [7, 11) is -1.62. The van der Waals surface area contributed by atoms with E-state index in [2.05, 4.69) is 10.3 Å². The summed E-state index contributed by atoms with van der Waals surface area (Å²) in [5, 5.41) is 1.75. The fourth-order valence-corrected chi connectivity index (χ4v) is 3.80. The van der Waals surface area contributed by atoms with Gasteiger partial charge in [-0.2, -0.15) is 0 Å². The lowest BCUT2D eigenvalue weighted by Crippen LogP contribution is -2.41. The van der Waals surface area contributed by atoms with Crippen LogP contribution in [0.1, 0.15) is 37.7 Å². The third-order valence-corrected chi connectivity index (χ3v) is 6.20. The standard InChI is InChI=1S/C17H23N3O3S/c1-4-12-24(22,23)13(2)17(21)19-15(14-8-6-5-7-9-14)16-18-10-11-20(16)3/h5-11,13,15H,4,12H2,1-3H3,(H,19,21)/t13-,15-/m0/s1. The molecule has 1 amide bonds. The minimum Gasteiger partial charge on any atom is -0.341 e. The van der Waals surface area contributed by atoms with Gasteiger partial charge in [0.1, 0.15) is 17.1 Å². The molecular weight excluding hydrogens is 326 g/mol. The molecule has 1 aromatic heterocycles. The van der Waals surface area contributed by atoms with Crippen molar-refractivity contribution in [3.8, 4) is 0 Å². The predicted octanol–water partition coefficient (Wildman–Crippen LogP) is 1.84. The molecule has 2 atom stereocenters. The second kappa shape index (κ2) is 7.61. The van der Waals surface area contributed by atoms with Crippen LogP contribution >= 0.6 is 0 Å². The number of nitrogens with zero attached hydrogens (tertiary/aromatic N) is 2. The SMILES string of the molecule is CCCS(=O)(=O)[C@@H](C)C(=O)N[C@@H](c1ccccc1)c1nccn1C. The second-order valence-electron chi connectivity index (χ2n) is 5.76. The highest BCUT2D eigenvalue weighted by molar-refractivity contribution is 7.92. The van der Waals surface area contributed by atoms with E-state index in [4.69, 9.17) is 0 Å². The molecule has 0 spiro atoms. The number of aryl methyl sites for hydroxylation is 1. The third kappa shape index (κ3) is 4.03. The van der Waals surface area contributed by atoms with Gasteiger partial charge >= 0.3 is 0 Å². The Morgan fingerprint density at radius 1 is 1.29 bits per heavy atom. The molecule has 1 heterocycles. The number of hydrogen-bond acceptors (Lipinski definition) is 4. The number of carbonyl (C=O) groups is 1. The van der Waals surface area contributed by atoms with Crippen LogP contribution in [0.3, 0.4) is 0 Å². The number of benzene rings is 1. The number of nitrogens with one attached hydrogen (secondary N) is 1. The normalized spacial score (nSPS) is 14.1. The van der Waals surface area contributed by atoms with E-state index < -0.39 is 27.0 Å². The van der Waals surface area contributed by atoms with E-state index in [0.29, 0.717) is 12.2 Å². The number of carbonyl (C=O) groups excluding carboxylic acids is 1. The van der Waals surface area contributed by atoms with E-state index in [9.17, 15) is 13.2 Å². The van der Waals surface area contributed by atoms with Gasteiger partial charge in [0.2, 0.25) is 5.91 Å². The van der Waals surface area contributed by atoms with E-state index in [-0.39, 0.29) is 5.75 Å². The van der Waals surface area contributed by atoms with Gasteiger partial charge in [0.05, 0.1) is 5.75 Å². The van der Waals surface area contributed by atoms with Crippen molar-refractivity contribution in [3.63, 3.8) is 0 Å². The Morgan fingerprint density at radius 3 is 2.50 bits per heavy atom. The van der Waals surface area contributed by atoms with E-state index >= 15 is 0 Å². The molecule has 0 bridgehead atoms. The van der Waals surface area contributed by atoms with Crippen LogP contribution in [0.4, 0.5) is 0 Å². The molecule has 0 fully saturated rings. The van der Waals surface area contributed by atoms with Crippen molar-refractivity contribution in [1.29, 1.82) is 0 Å². The molecule has 24 heavy (non-hydrogen) atoms. The van der Waals surface area contributed by atoms with E-state index in [1.807, 2.05) is 41.9 Å². The Bertz CT molecular complexity index is 784. The molecule has 0 unspecified atom stereocenters. The van der Waals surface area contributed by atoms with Crippen molar-refractivity contribution in [2.45, 2.75) is 31.6 Å². The molecule has 0 aliphatic carbocycles. The molecule has 0 saturated carbocycles. The lowest BCUT2D eigenvalue weighted by Gasteiger charge is -2.21. The van der Waals surface area contributed by atoms with Gasteiger partial charge in [-0.05, 0) is 18.9 Å². The Hall–Kier alpha value is -2.15. The van der Waals surface area contributed by atoms with Crippen LogP contribution in [0.25, 0.3) is 0 Å². The minimum atomic E-state index is -3.46. The number of imidazole rings is 1. The summed E-state index contributed by atoms with van der Waals surface area (Å²) in [6.07, 6.45) is 3.92. The summed E-state index contributed by atoms with van der Waals surface area (Å²) >= 11 is 0. The summed E-state index contributed by atoms with van der Waals surface area (Å²) in [5.41, 5.74) is 0.847. The molecule has 1 aromatic carbocycles. The zero-order valence-electron chi connectivity index (χ0n) is 14.1. The summed E-state index contributed by atoms with van der Waals surface area (Å²) in [6.45, 7) is 3.21. The molecular formula is C17H23N3O3S. The largest absolute Gasteiger partial charge is 0.341 e. The van der Waals surface area contributed by atoms with Crippen molar-refractivity contribution in [2.24, 2.45) is 7.05 Å². The third-order valence-electron chi connectivity index (χ3n) is 3.93. The molecule has 0 aliphatic heterocycles. The van der Waals surface area contributed by atoms with E-state index in [1.54, 1.807) is 19.3 Å². The highest BCUT2D eigenvalue weighted by Gasteiger charge is 2.30. The van der Waals surface area contributed by atoms with Crippen LogP contribution in [0.5, 0.6) is 0 Å². The molecule has 0 radical (unpaired) electrons. The zero-order valence-corrected chi connectivity index (χ0v) is 15.0. The first-order valence-electron chi connectivity index (χ1n) is 7.91. The number of sulfone groups is 1. The molecule has 0 aliphatic rings.